The van der Waals surface area contributed by atoms with Crippen LogP contribution in [0.25, 0.3) is 0 Å². The molecule has 1 saturated carbocycles. The van der Waals surface area contributed by atoms with Crippen LogP contribution in [0.1, 0.15) is 19.3 Å². The van der Waals surface area contributed by atoms with Gasteiger partial charge in [0.1, 0.15) is 0 Å². The SMILES string of the molecule is FC(F)(F)CNC1CCN(C2CC2)C1. The highest BCUT2D eigenvalue weighted by molar-refractivity contribution is 4.91. The minimum Gasteiger partial charge on any atom is -0.305 e. The third-order valence-electron chi connectivity index (χ3n) is 2.87. The molecule has 82 valence electrons. The van der Waals surface area contributed by atoms with Crippen LogP contribution in [0.3, 0.4) is 0 Å². The molecule has 0 radical (unpaired) electrons. The summed E-state index contributed by atoms with van der Waals surface area (Å²) in [4.78, 5) is 2.30. The molecule has 2 nitrogen and oxygen atoms in total. The van der Waals surface area contributed by atoms with Gasteiger partial charge in [-0.05, 0) is 19.3 Å². The summed E-state index contributed by atoms with van der Waals surface area (Å²) in [5.74, 6) is 0. The van der Waals surface area contributed by atoms with E-state index in [4.69, 9.17) is 0 Å². The van der Waals surface area contributed by atoms with Crippen LogP contribution in [0.2, 0.25) is 0 Å². The molecule has 1 heterocycles. The molecule has 0 spiro atoms. The normalized spacial score (nSPS) is 29.8. The fourth-order valence-electron chi connectivity index (χ4n) is 1.99. The molecule has 0 aromatic heterocycles. The highest BCUT2D eigenvalue weighted by Crippen LogP contribution is 2.29. The minimum atomic E-state index is -4.08. The Morgan fingerprint density at radius 3 is 2.50 bits per heavy atom. The van der Waals surface area contributed by atoms with Crippen LogP contribution in [0.15, 0.2) is 0 Å². The minimum absolute atomic E-state index is 0.0391. The number of rotatable bonds is 3. The smallest absolute Gasteiger partial charge is 0.305 e. The van der Waals surface area contributed by atoms with Crippen molar-refractivity contribution in [3.05, 3.63) is 0 Å². The molecule has 5 heteroatoms. The van der Waals surface area contributed by atoms with Crippen molar-refractivity contribution in [2.75, 3.05) is 19.6 Å². The van der Waals surface area contributed by atoms with Crippen molar-refractivity contribution in [2.24, 2.45) is 0 Å². The maximum atomic E-state index is 11.9. The van der Waals surface area contributed by atoms with E-state index in [9.17, 15) is 13.2 Å². The average molecular weight is 208 g/mol. The molecule has 0 bridgehead atoms. The van der Waals surface area contributed by atoms with Crippen LogP contribution in [0.4, 0.5) is 13.2 Å². The lowest BCUT2D eigenvalue weighted by molar-refractivity contribution is -0.126. The number of halogens is 3. The van der Waals surface area contributed by atoms with Crippen LogP contribution in [-0.4, -0.2) is 42.8 Å². The van der Waals surface area contributed by atoms with Gasteiger partial charge in [0, 0.05) is 25.2 Å². The monoisotopic (exact) mass is 208 g/mol. The summed E-state index contributed by atoms with van der Waals surface area (Å²) in [6.45, 7) is 0.900. The van der Waals surface area contributed by atoms with E-state index in [1.165, 1.54) is 12.8 Å². The molecule has 0 amide bonds. The second-order valence-electron chi connectivity index (χ2n) is 4.21. The van der Waals surface area contributed by atoms with Crippen molar-refractivity contribution in [3.63, 3.8) is 0 Å². The lowest BCUT2D eigenvalue weighted by Crippen LogP contribution is -2.39. The predicted octanol–water partition coefficient (Wildman–Crippen LogP) is 1.37. The standard InChI is InChI=1S/C9H15F3N2/c10-9(11,12)6-13-7-3-4-14(5-7)8-1-2-8/h7-8,13H,1-6H2. The van der Waals surface area contributed by atoms with E-state index in [1.54, 1.807) is 0 Å². The summed E-state index contributed by atoms with van der Waals surface area (Å²) in [6, 6.07) is 0.713. The van der Waals surface area contributed by atoms with Crippen molar-refractivity contribution >= 4 is 0 Å². The van der Waals surface area contributed by atoms with Crippen molar-refractivity contribution in [2.45, 2.75) is 37.5 Å². The average Bonchev–Trinajstić information content (AvgIpc) is 2.81. The fraction of sp³-hybridized carbons (Fsp3) is 1.00. The highest BCUT2D eigenvalue weighted by atomic mass is 19.4. The zero-order valence-electron chi connectivity index (χ0n) is 7.98. The van der Waals surface area contributed by atoms with E-state index in [0.29, 0.717) is 6.04 Å². The molecule has 1 N–H and O–H groups in total. The zero-order chi connectivity index (χ0) is 10.2. The maximum absolute atomic E-state index is 11.9. The van der Waals surface area contributed by atoms with Gasteiger partial charge >= 0.3 is 6.18 Å². The lowest BCUT2D eigenvalue weighted by atomic mass is 10.2. The van der Waals surface area contributed by atoms with Gasteiger partial charge in [-0.15, -0.1) is 0 Å². The van der Waals surface area contributed by atoms with Crippen molar-refractivity contribution < 1.29 is 13.2 Å². The largest absolute Gasteiger partial charge is 0.401 e. The Bertz CT molecular complexity index is 201. The summed E-state index contributed by atoms with van der Waals surface area (Å²) in [7, 11) is 0. The first kappa shape index (κ1) is 10.2. The topological polar surface area (TPSA) is 15.3 Å². The van der Waals surface area contributed by atoms with E-state index < -0.39 is 12.7 Å². The number of nitrogens with zero attached hydrogens (tertiary/aromatic N) is 1. The molecule has 2 rings (SSSR count). The fourth-order valence-corrected chi connectivity index (χ4v) is 1.99. The molecule has 1 aliphatic carbocycles. The molecule has 0 aromatic rings. The number of hydrogen-bond acceptors (Lipinski definition) is 2. The Labute approximate surface area is 81.5 Å². The van der Waals surface area contributed by atoms with Gasteiger partial charge in [-0.1, -0.05) is 0 Å². The number of alkyl halides is 3. The molecule has 14 heavy (non-hydrogen) atoms. The van der Waals surface area contributed by atoms with E-state index in [2.05, 4.69) is 10.2 Å². The van der Waals surface area contributed by atoms with Crippen LogP contribution >= 0.6 is 0 Å². The van der Waals surface area contributed by atoms with E-state index >= 15 is 0 Å². The Balaban J connectivity index is 1.68. The first-order valence-corrected chi connectivity index (χ1v) is 5.09. The number of likely N-dealkylation sites (tertiary alicyclic amines) is 1. The first-order chi connectivity index (χ1) is 6.54. The summed E-state index contributed by atoms with van der Waals surface area (Å²) in [6.07, 6.45) is -0.766. The molecule has 1 saturated heterocycles. The molecular weight excluding hydrogens is 193 g/mol. The number of hydrogen-bond donors (Lipinski definition) is 1. The highest BCUT2D eigenvalue weighted by Gasteiger charge is 2.35. The van der Waals surface area contributed by atoms with Gasteiger partial charge in [0.2, 0.25) is 0 Å². The summed E-state index contributed by atoms with van der Waals surface area (Å²) in [5, 5.41) is 2.57. The molecular formula is C9H15F3N2. The molecule has 1 aliphatic heterocycles. The second kappa shape index (κ2) is 3.70. The summed E-state index contributed by atoms with van der Waals surface area (Å²) >= 11 is 0. The Hall–Kier alpha value is -0.290. The quantitative estimate of drug-likeness (QED) is 0.753. The third kappa shape index (κ3) is 2.85. The van der Waals surface area contributed by atoms with E-state index in [1.807, 2.05) is 0 Å². The van der Waals surface area contributed by atoms with Crippen molar-refractivity contribution in [3.8, 4) is 0 Å². The van der Waals surface area contributed by atoms with Gasteiger partial charge in [-0.3, -0.25) is 4.90 Å². The van der Waals surface area contributed by atoms with E-state index in [0.717, 1.165) is 19.5 Å². The third-order valence-corrected chi connectivity index (χ3v) is 2.87. The van der Waals surface area contributed by atoms with Gasteiger partial charge < -0.3 is 5.32 Å². The predicted molar refractivity (Wildman–Crippen MR) is 47.1 cm³/mol. The van der Waals surface area contributed by atoms with Gasteiger partial charge in [-0.25, -0.2) is 0 Å². The van der Waals surface area contributed by atoms with Crippen LogP contribution in [0.5, 0.6) is 0 Å². The van der Waals surface area contributed by atoms with Crippen LogP contribution in [0, 0.1) is 0 Å². The molecule has 2 aliphatic rings. The zero-order valence-corrected chi connectivity index (χ0v) is 7.98. The lowest BCUT2D eigenvalue weighted by Gasteiger charge is -2.16. The van der Waals surface area contributed by atoms with Crippen molar-refractivity contribution in [1.82, 2.24) is 10.2 Å². The maximum Gasteiger partial charge on any atom is 0.401 e. The second-order valence-corrected chi connectivity index (χ2v) is 4.21. The van der Waals surface area contributed by atoms with E-state index in [-0.39, 0.29) is 6.04 Å². The molecule has 2 fully saturated rings. The number of nitrogens with one attached hydrogen (secondary N) is 1. The molecule has 0 aromatic carbocycles. The Kier molecular flexibility index (Phi) is 2.70. The van der Waals surface area contributed by atoms with Gasteiger partial charge in [0.05, 0.1) is 6.54 Å². The van der Waals surface area contributed by atoms with Crippen LogP contribution in [-0.2, 0) is 0 Å². The summed E-state index contributed by atoms with van der Waals surface area (Å²) < 4.78 is 35.7. The van der Waals surface area contributed by atoms with Gasteiger partial charge in [-0.2, -0.15) is 13.2 Å². The molecule has 1 unspecified atom stereocenters. The molecule has 1 atom stereocenters. The summed E-state index contributed by atoms with van der Waals surface area (Å²) in [5.41, 5.74) is 0. The van der Waals surface area contributed by atoms with Crippen LogP contribution < -0.4 is 5.32 Å². The van der Waals surface area contributed by atoms with Gasteiger partial charge in [0.25, 0.3) is 0 Å². The Morgan fingerprint density at radius 2 is 1.93 bits per heavy atom. The first-order valence-electron chi connectivity index (χ1n) is 5.09. The van der Waals surface area contributed by atoms with Crippen molar-refractivity contribution in [1.29, 1.82) is 0 Å². The Morgan fingerprint density at radius 1 is 1.21 bits per heavy atom. The van der Waals surface area contributed by atoms with Gasteiger partial charge in [0.15, 0.2) is 0 Å².